The maximum absolute atomic E-state index is 6.70. The molecule has 3 nitrogen and oxygen atoms in total. The van der Waals surface area contributed by atoms with Gasteiger partial charge >= 0.3 is 0 Å². The van der Waals surface area contributed by atoms with Gasteiger partial charge in [0.05, 0.1) is 11.0 Å². The lowest BCUT2D eigenvalue weighted by molar-refractivity contribution is 0.162. The van der Waals surface area contributed by atoms with Crippen LogP contribution in [-0.4, -0.2) is 15.1 Å². The van der Waals surface area contributed by atoms with Crippen LogP contribution in [0, 0.1) is 5.41 Å². The lowest BCUT2D eigenvalue weighted by Gasteiger charge is -2.41. The van der Waals surface area contributed by atoms with E-state index < -0.39 is 0 Å². The van der Waals surface area contributed by atoms with E-state index in [0.717, 1.165) is 37.1 Å². The van der Waals surface area contributed by atoms with Crippen molar-refractivity contribution in [2.45, 2.75) is 65.0 Å². The fraction of sp³-hybridized carbons (Fsp3) is 0.611. The molecule has 3 rings (SSSR count). The van der Waals surface area contributed by atoms with Gasteiger partial charge in [-0.1, -0.05) is 26.0 Å². The number of hydrogen-bond donors (Lipinski definition) is 1. The monoisotopic (exact) mass is 285 g/mol. The van der Waals surface area contributed by atoms with Gasteiger partial charge < -0.3 is 10.3 Å². The van der Waals surface area contributed by atoms with E-state index in [1.165, 1.54) is 18.4 Å². The summed E-state index contributed by atoms with van der Waals surface area (Å²) in [5.41, 5.74) is 9.40. The van der Waals surface area contributed by atoms with E-state index in [9.17, 15) is 0 Å². The van der Waals surface area contributed by atoms with Crippen molar-refractivity contribution in [3.63, 3.8) is 0 Å². The van der Waals surface area contributed by atoms with Gasteiger partial charge in [0.1, 0.15) is 5.82 Å². The van der Waals surface area contributed by atoms with Crippen LogP contribution in [-0.2, 0) is 13.0 Å². The van der Waals surface area contributed by atoms with Crippen LogP contribution < -0.4 is 5.73 Å². The van der Waals surface area contributed by atoms with Gasteiger partial charge in [-0.05, 0) is 50.2 Å². The molecule has 0 unspecified atom stereocenters. The van der Waals surface area contributed by atoms with Crippen LogP contribution in [0.2, 0.25) is 0 Å². The van der Waals surface area contributed by atoms with Crippen LogP contribution in [0.1, 0.15) is 52.3 Å². The lowest BCUT2D eigenvalue weighted by atomic mass is 9.68. The number of hydrogen-bond acceptors (Lipinski definition) is 2. The molecule has 1 fully saturated rings. The molecule has 0 radical (unpaired) electrons. The van der Waals surface area contributed by atoms with Gasteiger partial charge in [0.25, 0.3) is 0 Å². The summed E-state index contributed by atoms with van der Waals surface area (Å²) in [5.74, 6) is 1.15. The molecule has 0 amide bonds. The van der Waals surface area contributed by atoms with Crippen molar-refractivity contribution >= 4 is 11.0 Å². The molecule has 0 atom stereocenters. The molecule has 0 aliphatic heterocycles. The molecular weight excluding hydrogens is 258 g/mol. The number of benzene rings is 1. The normalized spacial score (nSPS) is 20.8. The number of fused-ring (bicyclic) bond motifs is 1. The lowest BCUT2D eigenvalue weighted by Crippen LogP contribution is -2.47. The average Bonchev–Trinajstić information content (AvgIpc) is 2.79. The largest absolute Gasteiger partial charge is 0.328 e. The minimum atomic E-state index is -0.0795. The number of imidazole rings is 1. The van der Waals surface area contributed by atoms with Crippen molar-refractivity contribution in [3.05, 3.63) is 30.1 Å². The first-order valence-electron chi connectivity index (χ1n) is 8.16. The van der Waals surface area contributed by atoms with Gasteiger partial charge in [0, 0.05) is 18.5 Å². The van der Waals surface area contributed by atoms with Crippen LogP contribution in [0.3, 0.4) is 0 Å². The van der Waals surface area contributed by atoms with E-state index >= 15 is 0 Å². The number of rotatable bonds is 3. The van der Waals surface area contributed by atoms with E-state index in [1.54, 1.807) is 0 Å². The van der Waals surface area contributed by atoms with Gasteiger partial charge in [-0.15, -0.1) is 0 Å². The van der Waals surface area contributed by atoms with Gasteiger partial charge in [-0.2, -0.15) is 0 Å². The van der Waals surface area contributed by atoms with Crippen LogP contribution in [0.4, 0.5) is 0 Å². The maximum atomic E-state index is 6.70. The Balaban J connectivity index is 1.88. The predicted octanol–water partition coefficient (Wildman–Crippen LogP) is 3.90. The summed E-state index contributed by atoms with van der Waals surface area (Å²) in [6, 6.07) is 8.39. The third kappa shape index (κ3) is 2.84. The molecule has 1 aliphatic rings. The zero-order valence-electron chi connectivity index (χ0n) is 13.5. The Hall–Kier alpha value is -1.35. The van der Waals surface area contributed by atoms with E-state index in [-0.39, 0.29) is 5.54 Å². The third-order valence-corrected chi connectivity index (χ3v) is 5.16. The Morgan fingerprint density at radius 3 is 2.48 bits per heavy atom. The highest BCUT2D eigenvalue weighted by molar-refractivity contribution is 5.75. The average molecular weight is 285 g/mol. The van der Waals surface area contributed by atoms with Crippen LogP contribution in [0.5, 0.6) is 0 Å². The topological polar surface area (TPSA) is 43.8 Å². The molecule has 1 aromatic heterocycles. The first-order valence-corrected chi connectivity index (χ1v) is 8.16. The highest BCUT2D eigenvalue weighted by Gasteiger charge is 2.36. The highest BCUT2D eigenvalue weighted by atomic mass is 15.1. The number of aromatic nitrogens is 2. The van der Waals surface area contributed by atoms with Crippen molar-refractivity contribution in [1.29, 1.82) is 0 Å². The van der Waals surface area contributed by atoms with Crippen molar-refractivity contribution in [2.24, 2.45) is 11.1 Å². The van der Waals surface area contributed by atoms with Crippen LogP contribution in [0.15, 0.2) is 24.3 Å². The fourth-order valence-electron chi connectivity index (χ4n) is 3.53. The molecule has 1 aliphatic carbocycles. The Bertz CT molecular complexity index is 629. The SMILES string of the molecule is CCn1c(CC2(N)CCC(C)(C)CC2)nc2ccccc21. The standard InChI is InChI=1S/C18H27N3/c1-4-21-15-8-6-5-7-14(15)20-16(21)13-18(19)11-9-17(2,3)10-12-18/h5-8H,4,9-13,19H2,1-3H3. The van der Waals surface area contributed by atoms with E-state index in [2.05, 4.69) is 49.6 Å². The molecule has 1 aromatic carbocycles. The number of para-hydroxylation sites is 2. The van der Waals surface area contributed by atoms with E-state index in [0.29, 0.717) is 5.41 Å². The zero-order valence-corrected chi connectivity index (χ0v) is 13.5. The Labute approximate surface area is 127 Å². The minimum Gasteiger partial charge on any atom is -0.328 e. The van der Waals surface area contributed by atoms with Gasteiger partial charge in [-0.25, -0.2) is 4.98 Å². The van der Waals surface area contributed by atoms with Crippen LogP contribution >= 0.6 is 0 Å². The smallest absolute Gasteiger partial charge is 0.111 e. The zero-order chi connectivity index (χ0) is 15.1. The summed E-state index contributed by atoms with van der Waals surface area (Å²) >= 11 is 0. The molecule has 21 heavy (non-hydrogen) atoms. The summed E-state index contributed by atoms with van der Waals surface area (Å²) in [7, 11) is 0. The molecule has 0 spiro atoms. The van der Waals surface area contributed by atoms with Crippen molar-refractivity contribution < 1.29 is 0 Å². The predicted molar refractivity (Wildman–Crippen MR) is 88.3 cm³/mol. The second-order valence-electron chi connectivity index (χ2n) is 7.46. The van der Waals surface area contributed by atoms with Gasteiger partial charge in [0.2, 0.25) is 0 Å². The molecule has 3 heteroatoms. The van der Waals surface area contributed by atoms with Crippen LogP contribution in [0.25, 0.3) is 11.0 Å². The number of nitrogens with two attached hydrogens (primary N) is 1. The van der Waals surface area contributed by atoms with Crippen molar-refractivity contribution in [3.8, 4) is 0 Å². The van der Waals surface area contributed by atoms with Gasteiger partial charge in [-0.3, -0.25) is 0 Å². The van der Waals surface area contributed by atoms with Crippen molar-refractivity contribution in [1.82, 2.24) is 9.55 Å². The highest BCUT2D eigenvalue weighted by Crippen LogP contribution is 2.40. The quantitative estimate of drug-likeness (QED) is 0.929. The molecule has 0 bridgehead atoms. The second-order valence-corrected chi connectivity index (χ2v) is 7.46. The first-order chi connectivity index (χ1) is 9.92. The molecule has 2 aromatic rings. The summed E-state index contributed by atoms with van der Waals surface area (Å²) in [6.07, 6.45) is 5.54. The molecule has 1 heterocycles. The summed E-state index contributed by atoms with van der Waals surface area (Å²) in [5, 5.41) is 0. The summed E-state index contributed by atoms with van der Waals surface area (Å²) < 4.78 is 2.32. The van der Waals surface area contributed by atoms with Gasteiger partial charge in [0.15, 0.2) is 0 Å². The Morgan fingerprint density at radius 1 is 1.14 bits per heavy atom. The summed E-state index contributed by atoms with van der Waals surface area (Å²) in [4.78, 5) is 4.84. The number of nitrogens with zero attached hydrogens (tertiary/aromatic N) is 2. The molecular formula is C18H27N3. The number of aryl methyl sites for hydroxylation is 1. The maximum Gasteiger partial charge on any atom is 0.111 e. The first kappa shape index (κ1) is 14.6. The summed E-state index contributed by atoms with van der Waals surface area (Å²) in [6.45, 7) is 7.85. The molecule has 0 saturated heterocycles. The second kappa shape index (κ2) is 5.13. The molecule has 2 N–H and O–H groups in total. The Kier molecular flexibility index (Phi) is 3.56. The molecule has 114 valence electrons. The third-order valence-electron chi connectivity index (χ3n) is 5.16. The van der Waals surface area contributed by atoms with Crippen molar-refractivity contribution in [2.75, 3.05) is 0 Å². The fourth-order valence-corrected chi connectivity index (χ4v) is 3.53. The van der Waals surface area contributed by atoms with E-state index in [4.69, 9.17) is 10.7 Å². The Morgan fingerprint density at radius 2 is 1.81 bits per heavy atom. The van der Waals surface area contributed by atoms with E-state index in [1.807, 2.05) is 0 Å². The molecule has 1 saturated carbocycles. The minimum absolute atomic E-state index is 0.0795.